The van der Waals surface area contributed by atoms with Gasteiger partial charge in [-0.15, -0.1) is 0 Å². The molecule has 0 radical (unpaired) electrons. The maximum atomic E-state index is 11.8. The lowest BCUT2D eigenvalue weighted by molar-refractivity contribution is -0.145. The molecule has 2 amide bonds. The Labute approximate surface area is 216 Å². The third-order valence-electron chi connectivity index (χ3n) is 5.21. The molecule has 4 heterocycles. The Kier molecular flexibility index (Phi) is 8.88. The van der Waals surface area contributed by atoms with Crippen molar-refractivity contribution in [1.29, 1.82) is 0 Å². The minimum absolute atomic E-state index is 0.0335. The van der Waals surface area contributed by atoms with E-state index in [2.05, 4.69) is 15.4 Å². The van der Waals surface area contributed by atoms with Gasteiger partial charge in [-0.05, 0) is 38.1 Å². The van der Waals surface area contributed by atoms with Crippen LogP contribution in [-0.2, 0) is 23.9 Å². The average molecular weight is 539 g/mol. The summed E-state index contributed by atoms with van der Waals surface area (Å²) in [5, 5.41) is 13.9. The standard InChI is InChI=1S/2C11H12ClN3O3/c1-2-18-11(17)8-6-9(16)14-15(8)10-7(12)4-3-5-13-10;1-2-14-9(16)6-8(11(17)18)15(14)10-7(12)4-3-5-13-10/h3-5,8H,2,6H2,1H3,(H,14,16);3-5,8H,2,6H2,1H3,(H,17,18). The van der Waals surface area contributed by atoms with Crippen molar-refractivity contribution in [1.82, 2.24) is 20.4 Å². The molecule has 2 atom stereocenters. The highest BCUT2D eigenvalue weighted by Gasteiger charge is 2.43. The number of esters is 1. The summed E-state index contributed by atoms with van der Waals surface area (Å²) in [6, 6.07) is 4.88. The van der Waals surface area contributed by atoms with E-state index in [1.807, 2.05) is 0 Å². The molecule has 4 rings (SSSR count). The minimum Gasteiger partial charge on any atom is -0.480 e. The zero-order valence-electron chi connectivity index (χ0n) is 19.4. The van der Waals surface area contributed by atoms with Crippen molar-refractivity contribution in [2.24, 2.45) is 0 Å². The van der Waals surface area contributed by atoms with Crippen LogP contribution in [0.5, 0.6) is 0 Å². The van der Waals surface area contributed by atoms with E-state index in [1.54, 1.807) is 38.1 Å². The van der Waals surface area contributed by atoms with Crippen LogP contribution in [0.1, 0.15) is 26.7 Å². The number of pyridine rings is 2. The average Bonchev–Trinajstić information content (AvgIpc) is 3.40. The van der Waals surface area contributed by atoms with Gasteiger partial charge in [0, 0.05) is 18.9 Å². The Balaban J connectivity index is 0.000000201. The maximum Gasteiger partial charge on any atom is 0.331 e. The van der Waals surface area contributed by atoms with Crippen molar-refractivity contribution in [2.45, 2.75) is 38.8 Å². The van der Waals surface area contributed by atoms with Gasteiger partial charge in [0.2, 0.25) is 11.8 Å². The van der Waals surface area contributed by atoms with Crippen LogP contribution >= 0.6 is 23.2 Å². The molecule has 2 saturated heterocycles. The first-order chi connectivity index (χ1) is 17.2. The molecule has 0 aliphatic carbocycles. The summed E-state index contributed by atoms with van der Waals surface area (Å²) in [5.74, 6) is -1.43. The van der Waals surface area contributed by atoms with E-state index in [4.69, 9.17) is 27.9 Å². The molecule has 14 heteroatoms. The van der Waals surface area contributed by atoms with Gasteiger partial charge in [0.05, 0.1) is 29.5 Å². The normalized spacial score (nSPS) is 19.1. The van der Waals surface area contributed by atoms with Gasteiger partial charge < -0.3 is 9.84 Å². The Hall–Kier alpha value is -3.64. The Morgan fingerprint density at radius 1 is 1.06 bits per heavy atom. The fourth-order valence-corrected chi connectivity index (χ4v) is 4.10. The predicted molar refractivity (Wildman–Crippen MR) is 130 cm³/mol. The third kappa shape index (κ3) is 5.77. The van der Waals surface area contributed by atoms with E-state index in [-0.39, 0.29) is 31.3 Å². The SMILES string of the molecule is CCN1C(=O)CC(C(=O)O)N1c1ncccc1Cl.CCOC(=O)C1CC(=O)NN1c1ncccc1Cl. The van der Waals surface area contributed by atoms with Crippen LogP contribution in [0.15, 0.2) is 36.7 Å². The second-order valence-electron chi connectivity index (χ2n) is 7.51. The van der Waals surface area contributed by atoms with Crippen molar-refractivity contribution in [3.05, 3.63) is 46.7 Å². The number of amides is 2. The van der Waals surface area contributed by atoms with Crippen LogP contribution in [0.25, 0.3) is 0 Å². The van der Waals surface area contributed by atoms with E-state index in [1.165, 1.54) is 27.4 Å². The molecule has 2 aliphatic heterocycles. The lowest BCUT2D eigenvalue weighted by atomic mass is 10.2. The molecule has 12 nitrogen and oxygen atoms in total. The van der Waals surface area contributed by atoms with E-state index in [0.29, 0.717) is 28.2 Å². The smallest absolute Gasteiger partial charge is 0.331 e. The molecule has 0 bridgehead atoms. The van der Waals surface area contributed by atoms with Gasteiger partial charge in [-0.1, -0.05) is 23.2 Å². The van der Waals surface area contributed by atoms with Gasteiger partial charge in [-0.2, -0.15) is 0 Å². The molecule has 2 unspecified atom stereocenters. The molecule has 0 aromatic carbocycles. The number of carbonyl (C=O) groups excluding carboxylic acids is 3. The summed E-state index contributed by atoms with van der Waals surface area (Å²) >= 11 is 12.0. The summed E-state index contributed by atoms with van der Waals surface area (Å²) in [4.78, 5) is 54.3. The van der Waals surface area contributed by atoms with E-state index in [0.717, 1.165) is 0 Å². The van der Waals surface area contributed by atoms with E-state index in [9.17, 15) is 24.3 Å². The first-order valence-electron chi connectivity index (χ1n) is 11.0. The molecular weight excluding hydrogens is 515 g/mol. The fourth-order valence-electron chi connectivity index (χ4n) is 3.68. The third-order valence-corrected chi connectivity index (χ3v) is 5.80. The number of carboxylic acids is 1. The number of ether oxygens (including phenoxy) is 1. The molecule has 2 aromatic heterocycles. The summed E-state index contributed by atoms with van der Waals surface area (Å²) in [7, 11) is 0. The van der Waals surface area contributed by atoms with Gasteiger partial charge in [0.25, 0.3) is 0 Å². The number of hydrogen-bond donors (Lipinski definition) is 2. The highest BCUT2D eigenvalue weighted by molar-refractivity contribution is 6.33. The van der Waals surface area contributed by atoms with Gasteiger partial charge >= 0.3 is 11.9 Å². The zero-order valence-corrected chi connectivity index (χ0v) is 20.9. The largest absolute Gasteiger partial charge is 0.480 e. The number of carbonyl (C=O) groups is 4. The zero-order chi connectivity index (χ0) is 26.4. The van der Waals surface area contributed by atoms with E-state index < -0.39 is 24.0 Å². The number of rotatable bonds is 6. The van der Waals surface area contributed by atoms with Crippen molar-refractivity contribution >= 4 is 58.6 Å². The lowest BCUT2D eigenvalue weighted by Crippen LogP contribution is -2.46. The van der Waals surface area contributed by atoms with E-state index >= 15 is 0 Å². The van der Waals surface area contributed by atoms with Crippen LogP contribution in [0.3, 0.4) is 0 Å². The monoisotopic (exact) mass is 538 g/mol. The number of aromatic nitrogens is 2. The first kappa shape index (κ1) is 27.0. The summed E-state index contributed by atoms with van der Waals surface area (Å²) in [6.07, 6.45) is 3.01. The molecule has 36 heavy (non-hydrogen) atoms. The van der Waals surface area contributed by atoms with Crippen LogP contribution in [-0.4, -0.2) is 69.1 Å². The number of halogens is 2. The van der Waals surface area contributed by atoms with Crippen molar-refractivity contribution < 1.29 is 29.0 Å². The van der Waals surface area contributed by atoms with Crippen LogP contribution in [0.4, 0.5) is 11.6 Å². The molecule has 2 aromatic rings. The number of carboxylic acid groups (broad SMARTS) is 1. The fraction of sp³-hybridized carbons (Fsp3) is 0.364. The quantitative estimate of drug-likeness (QED) is 0.524. The maximum absolute atomic E-state index is 11.8. The summed E-state index contributed by atoms with van der Waals surface area (Å²) < 4.78 is 4.92. The Morgan fingerprint density at radius 3 is 2.19 bits per heavy atom. The second-order valence-corrected chi connectivity index (χ2v) is 8.32. The molecule has 2 fully saturated rings. The molecule has 2 N–H and O–H groups in total. The summed E-state index contributed by atoms with van der Waals surface area (Å²) in [5.41, 5.74) is 2.55. The van der Waals surface area contributed by atoms with Gasteiger partial charge in [-0.25, -0.2) is 24.6 Å². The van der Waals surface area contributed by atoms with Gasteiger partial charge in [0.1, 0.15) is 0 Å². The Morgan fingerprint density at radius 2 is 1.67 bits per heavy atom. The van der Waals surface area contributed by atoms with Crippen molar-refractivity contribution in [2.75, 3.05) is 23.2 Å². The number of hydrogen-bond acceptors (Lipinski definition) is 9. The van der Waals surface area contributed by atoms with Crippen molar-refractivity contribution in [3.63, 3.8) is 0 Å². The summed E-state index contributed by atoms with van der Waals surface area (Å²) in [6.45, 7) is 4.11. The lowest BCUT2D eigenvalue weighted by Gasteiger charge is -2.30. The van der Waals surface area contributed by atoms with Crippen LogP contribution < -0.4 is 15.4 Å². The minimum atomic E-state index is -1.07. The number of nitrogens with zero attached hydrogens (tertiary/aromatic N) is 5. The molecule has 192 valence electrons. The highest BCUT2D eigenvalue weighted by atomic mass is 35.5. The van der Waals surface area contributed by atoms with Crippen LogP contribution in [0, 0.1) is 0 Å². The second kappa shape index (κ2) is 11.9. The number of aliphatic carboxylic acids is 1. The highest BCUT2D eigenvalue weighted by Crippen LogP contribution is 2.31. The molecular formula is C22H24Cl2N6O6. The predicted octanol–water partition coefficient (Wildman–Crippen LogP) is 2.07. The number of anilines is 2. The molecule has 2 aliphatic rings. The first-order valence-corrected chi connectivity index (χ1v) is 11.7. The topological polar surface area (TPSA) is 145 Å². The van der Waals surface area contributed by atoms with Crippen molar-refractivity contribution in [3.8, 4) is 0 Å². The number of hydrazine groups is 2. The Bertz CT molecular complexity index is 1150. The van der Waals surface area contributed by atoms with Gasteiger partial charge in [0.15, 0.2) is 23.7 Å². The van der Waals surface area contributed by atoms with Crippen LogP contribution in [0.2, 0.25) is 10.0 Å². The molecule has 0 saturated carbocycles. The molecule has 0 spiro atoms. The number of nitrogens with one attached hydrogen (secondary N) is 1. The van der Waals surface area contributed by atoms with Gasteiger partial charge in [-0.3, -0.25) is 25.0 Å².